The van der Waals surface area contributed by atoms with Crippen molar-refractivity contribution in [3.8, 4) is 0 Å². The average Bonchev–Trinajstić information content (AvgIpc) is 3.08. The van der Waals surface area contributed by atoms with Crippen molar-refractivity contribution in [2.75, 3.05) is 13.2 Å². The zero-order valence-corrected chi connectivity index (χ0v) is 12.0. The Morgan fingerprint density at radius 3 is 2.95 bits per heavy atom. The van der Waals surface area contributed by atoms with Crippen molar-refractivity contribution >= 4 is 21.4 Å². The van der Waals surface area contributed by atoms with Crippen LogP contribution in [0.5, 0.6) is 0 Å². The van der Waals surface area contributed by atoms with Crippen LogP contribution < -0.4 is 5.32 Å². The van der Waals surface area contributed by atoms with Crippen molar-refractivity contribution in [3.63, 3.8) is 0 Å². The zero-order chi connectivity index (χ0) is 12.9. The Balaban J connectivity index is 1.42. The van der Waals surface area contributed by atoms with Crippen LogP contribution in [0.3, 0.4) is 0 Å². The van der Waals surface area contributed by atoms with Crippen LogP contribution in [0.1, 0.15) is 31.2 Å². The summed E-state index contributed by atoms with van der Waals surface area (Å²) in [6.07, 6.45) is 5.74. The van der Waals surface area contributed by atoms with Crippen LogP contribution in [0.2, 0.25) is 0 Å². The Kier molecular flexibility index (Phi) is 4.49. The number of ether oxygens (including phenoxy) is 1. The van der Waals surface area contributed by atoms with E-state index in [-0.39, 0.29) is 0 Å². The van der Waals surface area contributed by atoms with E-state index in [1.807, 2.05) is 11.3 Å². The Morgan fingerprint density at radius 2 is 2.05 bits per heavy atom. The largest absolute Gasteiger partial charge is 0.377 e. The maximum atomic E-state index is 5.85. The fourth-order valence-electron chi connectivity index (χ4n) is 2.75. The molecule has 1 aliphatic rings. The molecule has 1 N–H and O–H groups in total. The number of fused-ring (bicyclic) bond motifs is 1. The molecule has 0 bridgehead atoms. The van der Waals surface area contributed by atoms with Gasteiger partial charge in [-0.2, -0.15) is 0 Å². The molecule has 1 fully saturated rings. The summed E-state index contributed by atoms with van der Waals surface area (Å²) in [6, 6.07) is 8.61. The highest BCUT2D eigenvalue weighted by atomic mass is 32.1. The van der Waals surface area contributed by atoms with Gasteiger partial charge in [0.25, 0.3) is 0 Å². The van der Waals surface area contributed by atoms with E-state index in [9.17, 15) is 0 Å². The van der Waals surface area contributed by atoms with Gasteiger partial charge in [-0.15, -0.1) is 11.3 Å². The minimum atomic E-state index is 0.531. The Labute approximate surface area is 118 Å². The van der Waals surface area contributed by atoms with Crippen LogP contribution in [0.25, 0.3) is 10.1 Å². The summed E-state index contributed by atoms with van der Waals surface area (Å²) in [4.78, 5) is 0. The van der Waals surface area contributed by atoms with Gasteiger partial charge in [-0.3, -0.25) is 0 Å². The summed E-state index contributed by atoms with van der Waals surface area (Å²) in [7, 11) is 0. The SMILES string of the molecule is c1ccc2c(CNCCOC3CCCC3)csc2c1. The molecular weight excluding hydrogens is 254 g/mol. The number of hydrogen-bond donors (Lipinski definition) is 1. The standard InChI is InChI=1S/C16H21NOS/c1-2-6-14(5-1)18-10-9-17-11-13-12-19-16-8-4-3-7-15(13)16/h3-4,7-8,12,14,17H,1-2,5-6,9-11H2. The third kappa shape index (κ3) is 3.35. The highest BCUT2D eigenvalue weighted by molar-refractivity contribution is 7.17. The summed E-state index contributed by atoms with van der Waals surface area (Å²) >= 11 is 1.83. The van der Waals surface area contributed by atoms with Crippen LogP contribution in [-0.4, -0.2) is 19.3 Å². The molecule has 3 rings (SSSR count). The topological polar surface area (TPSA) is 21.3 Å². The summed E-state index contributed by atoms with van der Waals surface area (Å²) in [6.45, 7) is 2.73. The Bertz CT molecular complexity index is 516. The first-order valence-corrected chi connectivity index (χ1v) is 8.09. The second-order valence-corrected chi connectivity index (χ2v) is 6.12. The number of rotatable bonds is 6. The third-order valence-corrected chi connectivity index (χ3v) is 4.82. The lowest BCUT2D eigenvalue weighted by Gasteiger charge is -2.11. The maximum Gasteiger partial charge on any atom is 0.0594 e. The van der Waals surface area contributed by atoms with E-state index < -0.39 is 0 Å². The predicted molar refractivity (Wildman–Crippen MR) is 81.7 cm³/mol. The van der Waals surface area contributed by atoms with Gasteiger partial charge in [0.05, 0.1) is 12.7 Å². The molecule has 1 saturated carbocycles. The zero-order valence-electron chi connectivity index (χ0n) is 11.2. The van der Waals surface area contributed by atoms with E-state index in [1.54, 1.807) is 0 Å². The maximum absolute atomic E-state index is 5.85. The number of hydrogen-bond acceptors (Lipinski definition) is 3. The van der Waals surface area contributed by atoms with E-state index in [1.165, 1.54) is 41.3 Å². The van der Waals surface area contributed by atoms with Crippen molar-refractivity contribution < 1.29 is 4.74 Å². The Morgan fingerprint density at radius 1 is 1.21 bits per heavy atom. The molecule has 1 aliphatic carbocycles. The quantitative estimate of drug-likeness (QED) is 0.806. The molecule has 0 aliphatic heterocycles. The van der Waals surface area contributed by atoms with Crippen LogP contribution in [-0.2, 0) is 11.3 Å². The minimum absolute atomic E-state index is 0.531. The highest BCUT2D eigenvalue weighted by Crippen LogP contribution is 2.25. The highest BCUT2D eigenvalue weighted by Gasteiger charge is 2.14. The van der Waals surface area contributed by atoms with Gasteiger partial charge in [-0.1, -0.05) is 31.0 Å². The first kappa shape index (κ1) is 13.1. The summed E-state index contributed by atoms with van der Waals surface area (Å²) < 4.78 is 7.23. The smallest absolute Gasteiger partial charge is 0.0594 e. The van der Waals surface area contributed by atoms with Gasteiger partial charge in [0.2, 0.25) is 0 Å². The molecule has 0 saturated heterocycles. The average molecular weight is 275 g/mol. The normalized spacial score (nSPS) is 16.4. The molecule has 0 spiro atoms. The molecule has 102 valence electrons. The van der Waals surface area contributed by atoms with Gasteiger partial charge in [0.15, 0.2) is 0 Å². The van der Waals surface area contributed by atoms with Crippen LogP contribution >= 0.6 is 11.3 Å². The molecule has 2 nitrogen and oxygen atoms in total. The van der Waals surface area contributed by atoms with Gasteiger partial charge in [0.1, 0.15) is 0 Å². The fourth-order valence-corrected chi connectivity index (χ4v) is 3.71. The number of benzene rings is 1. The molecule has 0 unspecified atom stereocenters. The molecule has 0 atom stereocenters. The van der Waals surface area contributed by atoms with Gasteiger partial charge in [0, 0.05) is 17.8 Å². The summed E-state index contributed by atoms with van der Waals surface area (Å²) in [5, 5.41) is 7.13. The van der Waals surface area contributed by atoms with E-state index in [0.717, 1.165) is 19.7 Å². The first-order valence-electron chi connectivity index (χ1n) is 7.21. The van der Waals surface area contributed by atoms with Gasteiger partial charge >= 0.3 is 0 Å². The number of thiophene rings is 1. The summed E-state index contributed by atoms with van der Waals surface area (Å²) in [5.74, 6) is 0. The van der Waals surface area contributed by atoms with E-state index >= 15 is 0 Å². The summed E-state index contributed by atoms with van der Waals surface area (Å²) in [5.41, 5.74) is 1.40. The second-order valence-electron chi connectivity index (χ2n) is 5.21. The van der Waals surface area contributed by atoms with Crippen LogP contribution in [0, 0.1) is 0 Å². The molecule has 0 amide bonds. The molecule has 3 heteroatoms. The second kappa shape index (κ2) is 6.51. The van der Waals surface area contributed by atoms with Crippen molar-refractivity contribution in [1.29, 1.82) is 0 Å². The van der Waals surface area contributed by atoms with E-state index in [4.69, 9.17) is 4.74 Å². The minimum Gasteiger partial charge on any atom is -0.377 e. The van der Waals surface area contributed by atoms with E-state index in [0.29, 0.717) is 6.10 Å². The monoisotopic (exact) mass is 275 g/mol. The molecule has 0 radical (unpaired) electrons. The lowest BCUT2D eigenvalue weighted by molar-refractivity contribution is 0.0603. The first-order chi connectivity index (χ1) is 9.43. The van der Waals surface area contributed by atoms with Crippen molar-refractivity contribution in [2.24, 2.45) is 0 Å². The van der Waals surface area contributed by atoms with E-state index in [2.05, 4.69) is 35.0 Å². The molecule has 19 heavy (non-hydrogen) atoms. The van der Waals surface area contributed by atoms with Crippen molar-refractivity contribution in [3.05, 3.63) is 35.2 Å². The number of nitrogens with one attached hydrogen (secondary N) is 1. The molecule has 1 aromatic carbocycles. The van der Waals surface area contributed by atoms with Crippen LogP contribution in [0.15, 0.2) is 29.6 Å². The fraction of sp³-hybridized carbons (Fsp3) is 0.500. The molecular formula is C16H21NOS. The molecule has 2 aromatic rings. The van der Waals surface area contributed by atoms with Crippen LogP contribution in [0.4, 0.5) is 0 Å². The van der Waals surface area contributed by atoms with Crippen molar-refractivity contribution in [1.82, 2.24) is 5.32 Å². The lowest BCUT2D eigenvalue weighted by atomic mass is 10.2. The lowest BCUT2D eigenvalue weighted by Crippen LogP contribution is -2.21. The third-order valence-electron chi connectivity index (χ3n) is 3.81. The van der Waals surface area contributed by atoms with Crippen molar-refractivity contribution in [2.45, 2.75) is 38.3 Å². The molecule has 1 heterocycles. The van der Waals surface area contributed by atoms with Gasteiger partial charge in [-0.25, -0.2) is 0 Å². The predicted octanol–water partition coefficient (Wildman–Crippen LogP) is 3.95. The Hall–Kier alpha value is -0.900. The molecule has 1 aromatic heterocycles. The van der Waals surface area contributed by atoms with Gasteiger partial charge in [-0.05, 0) is 35.2 Å². The van der Waals surface area contributed by atoms with Gasteiger partial charge < -0.3 is 10.1 Å².